The molecule has 9 heteroatoms. The van der Waals surface area contributed by atoms with Crippen LogP contribution in [0.2, 0.25) is 0 Å². The maximum atomic E-state index is 13.1. The molecule has 2 N–H and O–H groups in total. The third-order valence-corrected chi connectivity index (χ3v) is 6.95. The first-order valence-electron chi connectivity index (χ1n) is 8.36. The van der Waals surface area contributed by atoms with Crippen molar-refractivity contribution in [2.75, 3.05) is 51.4 Å². The first-order chi connectivity index (χ1) is 12.1. The Morgan fingerprint density at radius 3 is 2.48 bits per heavy atom. The number of anilines is 1. The molecule has 3 heterocycles. The fraction of sp³-hybridized carbons (Fsp3) is 0.625. The van der Waals surface area contributed by atoms with Crippen LogP contribution in [-0.2, 0) is 20.5 Å². The number of hydrogen-bond donors (Lipinski definition) is 1. The summed E-state index contributed by atoms with van der Waals surface area (Å²) in [5.41, 5.74) is 5.61. The lowest BCUT2D eigenvalue weighted by Gasteiger charge is -2.40. The van der Waals surface area contributed by atoms with Crippen molar-refractivity contribution < 1.29 is 18.5 Å². The topological polar surface area (TPSA) is 98.0 Å². The van der Waals surface area contributed by atoms with Gasteiger partial charge in [-0.1, -0.05) is 0 Å². The Bertz CT molecular complexity index is 626. The lowest BCUT2D eigenvalue weighted by atomic mass is 9.98. The van der Waals surface area contributed by atoms with Gasteiger partial charge in [0.05, 0.1) is 13.3 Å². The number of primary amides is 1. The summed E-state index contributed by atoms with van der Waals surface area (Å²) in [4.78, 5) is 18.5. The van der Waals surface area contributed by atoms with E-state index in [1.807, 2.05) is 16.4 Å². The summed E-state index contributed by atoms with van der Waals surface area (Å²) in [7, 11) is 0.160. The lowest BCUT2D eigenvalue weighted by Crippen LogP contribution is -2.58. The first-order valence-corrected chi connectivity index (χ1v) is 9.47. The minimum atomic E-state index is -1.45. The molecule has 0 aromatic carbocycles. The zero-order valence-electron chi connectivity index (χ0n) is 14.3. The third-order valence-electron chi connectivity index (χ3n) is 4.84. The number of rotatable bonds is 5. The van der Waals surface area contributed by atoms with Crippen molar-refractivity contribution in [1.82, 2.24) is 9.29 Å². The average Bonchev–Trinajstić information content (AvgIpc) is 2.68. The highest BCUT2D eigenvalue weighted by molar-refractivity contribution is 7.85. The number of ether oxygens (including phenoxy) is 2. The molecule has 2 aliphatic heterocycles. The molecule has 2 fully saturated rings. The maximum Gasteiger partial charge on any atom is 0.237 e. The number of carbonyl (C=O) groups excluding carboxylic acids is 1. The van der Waals surface area contributed by atoms with Gasteiger partial charge in [-0.15, -0.1) is 0 Å². The molecule has 0 radical (unpaired) electrons. The monoisotopic (exact) mass is 368 g/mol. The van der Waals surface area contributed by atoms with Crippen LogP contribution in [0.5, 0.6) is 5.75 Å². The second kappa shape index (κ2) is 7.67. The molecule has 25 heavy (non-hydrogen) atoms. The van der Waals surface area contributed by atoms with Gasteiger partial charge in [0.1, 0.15) is 27.3 Å². The normalized spacial score (nSPS) is 22.4. The van der Waals surface area contributed by atoms with E-state index in [0.29, 0.717) is 58.0 Å². The Hall–Kier alpha value is -1.71. The summed E-state index contributed by atoms with van der Waals surface area (Å²) in [6, 6.07) is 3.78. The number of methoxy groups -OCH3 is 1. The van der Waals surface area contributed by atoms with Gasteiger partial charge in [0.15, 0.2) is 0 Å². The van der Waals surface area contributed by atoms with E-state index < -0.39 is 21.6 Å². The van der Waals surface area contributed by atoms with Crippen LogP contribution in [0.1, 0.15) is 12.8 Å². The van der Waals surface area contributed by atoms with Crippen molar-refractivity contribution in [3.05, 3.63) is 18.3 Å². The quantitative estimate of drug-likeness (QED) is 0.780. The Balaban J connectivity index is 1.64. The average molecular weight is 368 g/mol. The Labute approximate surface area is 149 Å². The van der Waals surface area contributed by atoms with Crippen LogP contribution in [0.15, 0.2) is 18.3 Å². The molecule has 8 nitrogen and oxygen atoms in total. The molecule has 0 saturated carbocycles. The zero-order chi connectivity index (χ0) is 17.9. The third kappa shape index (κ3) is 3.63. The fourth-order valence-corrected chi connectivity index (χ4v) is 4.90. The summed E-state index contributed by atoms with van der Waals surface area (Å²) < 4.78 is 24.4. The van der Waals surface area contributed by atoms with Crippen molar-refractivity contribution in [3.63, 3.8) is 0 Å². The molecule has 0 aliphatic carbocycles. The second-order valence-electron chi connectivity index (χ2n) is 6.19. The van der Waals surface area contributed by atoms with Crippen molar-refractivity contribution in [2.45, 2.75) is 17.6 Å². The molecule has 1 unspecified atom stereocenters. The summed E-state index contributed by atoms with van der Waals surface area (Å²) in [6.07, 6.45) is 2.51. The van der Waals surface area contributed by atoms with Gasteiger partial charge in [-0.3, -0.25) is 4.79 Å². The smallest absolute Gasteiger partial charge is 0.237 e. The molecule has 1 aromatic rings. The summed E-state index contributed by atoms with van der Waals surface area (Å²) in [5, 5.41) is 0. The van der Waals surface area contributed by atoms with E-state index in [1.54, 1.807) is 13.3 Å². The number of nitrogens with two attached hydrogens (primary N) is 1. The molecule has 1 atom stereocenters. The zero-order valence-corrected chi connectivity index (χ0v) is 15.2. The molecule has 3 rings (SSSR count). The molecule has 2 saturated heterocycles. The number of carbonyl (C=O) groups is 1. The predicted molar refractivity (Wildman–Crippen MR) is 94.7 cm³/mol. The van der Waals surface area contributed by atoms with E-state index in [1.165, 1.54) is 0 Å². The van der Waals surface area contributed by atoms with Crippen LogP contribution >= 0.6 is 0 Å². The number of amides is 1. The van der Waals surface area contributed by atoms with E-state index in [9.17, 15) is 9.00 Å². The van der Waals surface area contributed by atoms with Gasteiger partial charge >= 0.3 is 0 Å². The van der Waals surface area contributed by atoms with Crippen LogP contribution in [0.4, 0.5) is 5.82 Å². The van der Waals surface area contributed by atoms with Gasteiger partial charge in [0.2, 0.25) is 5.91 Å². The summed E-state index contributed by atoms with van der Waals surface area (Å²) in [6.45, 7) is 3.41. The highest BCUT2D eigenvalue weighted by Crippen LogP contribution is 2.30. The van der Waals surface area contributed by atoms with Gasteiger partial charge in [-0.25, -0.2) is 13.5 Å². The number of hydrogen-bond acceptors (Lipinski definition) is 6. The van der Waals surface area contributed by atoms with E-state index in [-0.39, 0.29) is 0 Å². The van der Waals surface area contributed by atoms with Gasteiger partial charge in [-0.05, 0) is 25.0 Å². The van der Waals surface area contributed by atoms with Crippen molar-refractivity contribution in [2.24, 2.45) is 5.73 Å². The highest BCUT2D eigenvalue weighted by atomic mass is 32.2. The first kappa shape index (κ1) is 18.1. The molecule has 0 spiro atoms. The van der Waals surface area contributed by atoms with Gasteiger partial charge in [0.25, 0.3) is 0 Å². The van der Waals surface area contributed by atoms with E-state index >= 15 is 0 Å². The molecule has 138 valence electrons. The Kier molecular flexibility index (Phi) is 5.55. The van der Waals surface area contributed by atoms with Crippen molar-refractivity contribution in [1.29, 1.82) is 0 Å². The number of pyridine rings is 1. The van der Waals surface area contributed by atoms with Gasteiger partial charge in [0, 0.05) is 39.4 Å². The number of nitrogens with zero attached hydrogens (tertiary/aromatic N) is 3. The SMILES string of the molecule is COc1ccc(N2CCN(S(=O)C3(C(N)=O)CCOCC3)CC2)nc1. The van der Waals surface area contributed by atoms with Crippen LogP contribution < -0.4 is 15.4 Å². The minimum Gasteiger partial charge on any atom is -0.495 e. The lowest BCUT2D eigenvalue weighted by molar-refractivity contribution is -0.122. The van der Waals surface area contributed by atoms with Crippen LogP contribution in [-0.4, -0.2) is 70.7 Å². The van der Waals surface area contributed by atoms with Crippen LogP contribution in [0.3, 0.4) is 0 Å². The largest absolute Gasteiger partial charge is 0.495 e. The van der Waals surface area contributed by atoms with Crippen molar-refractivity contribution >= 4 is 22.7 Å². The molecular weight excluding hydrogens is 344 g/mol. The van der Waals surface area contributed by atoms with Crippen LogP contribution in [0, 0.1) is 0 Å². The standard InChI is InChI=1S/C16H24N4O4S/c1-23-13-2-3-14(18-12-13)19-6-8-20(9-7-19)25(22)16(15(17)21)4-10-24-11-5-16/h2-3,12H,4-11H2,1H3,(H2,17,21). The Morgan fingerprint density at radius 1 is 1.28 bits per heavy atom. The second-order valence-corrected chi connectivity index (χ2v) is 7.99. The molecule has 1 aromatic heterocycles. The minimum absolute atomic E-state index is 0.412. The predicted octanol–water partition coefficient (Wildman–Crippen LogP) is -0.0896. The highest BCUT2D eigenvalue weighted by Gasteiger charge is 2.47. The molecular formula is C16H24N4O4S. The van der Waals surface area contributed by atoms with E-state index in [4.69, 9.17) is 15.2 Å². The molecule has 1 amide bonds. The number of aromatic nitrogens is 1. The van der Waals surface area contributed by atoms with Gasteiger partial charge < -0.3 is 20.1 Å². The number of piperazine rings is 1. The summed E-state index contributed by atoms with van der Waals surface area (Å²) >= 11 is 0. The Morgan fingerprint density at radius 2 is 1.96 bits per heavy atom. The van der Waals surface area contributed by atoms with Crippen LogP contribution in [0.25, 0.3) is 0 Å². The van der Waals surface area contributed by atoms with E-state index in [2.05, 4.69) is 9.88 Å². The van der Waals surface area contributed by atoms with Crippen molar-refractivity contribution in [3.8, 4) is 5.75 Å². The molecule has 0 bridgehead atoms. The maximum absolute atomic E-state index is 13.1. The van der Waals surface area contributed by atoms with E-state index in [0.717, 1.165) is 5.82 Å². The molecule has 2 aliphatic rings. The van der Waals surface area contributed by atoms with Gasteiger partial charge in [-0.2, -0.15) is 0 Å². The fourth-order valence-electron chi connectivity index (χ4n) is 3.22. The summed E-state index contributed by atoms with van der Waals surface area (Å²) in [5.74, 6) is 1.08.